The second-order valence-electron chi connectivity index (χ2n) is 19.0. The van der Waals surface area contributed by atoms with Gasteiger partial charge in [0, 0.05) is 22.1 Å². The summed E-state index contributed by atoms with van der Waals surface area (Å²) in [7, 11) is 0. The maximum absolute atomic E-state index is 16.7. The summed E-state index contributed by atoms with van der Waals surface area (Å²) in [6.45, 7) is 8.54. The Morgan fingerprint density at radius 3 is 0.889 bits per heavy atom. The molecule has 4 heteroatoms. The molecule has 12 aromatic carbocycles. The van der Waals surface area contributed by atoms with E-state index >= 15 is 8.78 Å². The van der Waals surface area contributed by atoms with Crippen LogP contribution >= 0.6 is 0 Å². The van der Waals surface area contributed by atoms with Gasteiger partial charge in [0.2, 0.25) is 0 Å². The molecule has 0 fully saturated rings. The number of hydrogen-bond donors (Lipinski definition) is 0. The lowest BCUT2D eigenvalue weighted by molar-refractivity contribution is 0.628. The Hall–Kier alpha value is -8.86. The first-order valence-corrected chi connectivity index (χ1v) is 24.5. The Morgan fingerprint density at radius 1 is 0.278 bits per heavy atom. The summed E-state index contributed by atoms with van der Waals surface area (Å²) in [6, 6.07) is 78.3. The topological polar surface area (TPSA) is 6.48 Å². The van der Waals surface area contributed by atoms with Gasteiger partial charge in [0.1, 0.15) is 11.6 Å². The van der Waals surface area contributed by atoms with Crippen LogP contribution in [0, 0.1) is 39.3 Å². The summed E-state index contributed by atoms with van der Waals surface area (Å²) >= 11 is 0. The van der Waals surface area contributed by atoms with Gasteiger partial charge in [-0.1, -0.05) is 158 Å². The molecule has 346 valence electrons. The summed E-state index contributed by atoms with van der Waals surface area (Å²) in [5.41, 5.74) is 17.4. The lowest BCUT2D eigenvalue weighted by atomic mass is 9.90. The molecule has 12 rings (SSSR count). The van der Waals surface area contributed by atoms with Crippen molar-refractivity contribution in [2.75, 3.05) is 9.80 Å². The Morgan fingerprint density at radius 2 is 0.569 bits per heavy atom. The van der Waals surface area contributed by atoms with Gasteiger partial charge in [-0.2, -0.15) is 0 Å². The molecule has 0 N–H and O–H groups in total. The lowest BCUT2D eigenvalue weighted by Crippen LogP contribution is -2.13. The zero-order valence-electron chi connectivity index (χ0n) is 40.6. The summed E-state index contributed by atoms with van der Waals surface area (Å²) < 4.78 is 33.4. The van der Waals surface area contributed by atoms with E-state index < -0.39 is 0 Å². The van der Waals surface area contributed by atoms with Gasteiger partial charge in [0.15, 0.2) is 0 Å². The fraction of sp³-hybridized carbons (Fsp3) is 0.0588. The molecule has 0 aromatic heterocycles. The van der Waals surface area contributed by atoms with E-state index in [1.807, 2.05) is 24.3 Å². The number of aryl methyl sites for hydroxylation is 4. The van der Waals surface area contributed by atoms with Gasteiger partial charge in [-0.15, -0.1) is 0 Å². The van der Waals surface area contributed by atoms with Crippen molar-refractivity contribution in [3.63, 3.8) is 0 Å². The van der Waals surface area contributed by atoms with Crippen LogP contribution in [0.5, 0.6) is 0 Å². The Labute approximate surface area is 419 Å². The average molecular weight is 933 g/mol. The molecule has 0 radical (unpaired) electrons. The molecule has 0 atom stereocenters. The molecule has 2 nitrogen and oxygen atoms in total. The van der Waals surface area contributed by atoms with Crippen molar-refractivity contribution in [1.29, 1.82) is 0 Å². The number of benzene rings is 12. The van der Waals surface area contributed by atoms with Gasteiger partial charge in [-0.3, -0.25) is 0 Å². The smallest absolute Gasteiger partial charge is 0.147 e. The molecule has 0 saturated heterocycles. The van der Waals surface area contributed by atoms with Gasteiger partial charge >= 0.3 is 0 Å². The second kappa shape index (κ2) is 18.1. The monoisotopic (exact) mass is 932 g/mol. The van der Waals surface area contributed by atoms with Gasteiger partial charge in [-0.05, 0) is 189 Å². The lowest BCUT2D eigenvalue weighted by Gasteiger charge is -2.30. The molecule has 0 aliphatic rings. The molecule has 0 aliphatic heterocycles. The first-order chi connectivity index (χ1) is 35.2. The molecule has 0 heterocycles. The Kier molecular flexibility index (Phi) is 11.2. The summed E-state index contributed by atoms with van der Waals surface area (Å²) in [4.78, 5) is 4.17. The van der Waals surface area contributed by atoms with Crippen molar-refractivity contribution in [3.8, 4) is 44.5 Å². The van der Waals surface area contributed by atoms with E-state index in [2.05, 4.69) is 219 Å². The van der Waals surface area contributed by atoms with Gasteiger partial charge in [0.25, 0.3) is 0 Å². The number of hydrogen-bond acceptors (Lipinski definition) is 2. The van der Waals surface area contributed by atoms with E-state index in [4.69, 9.17) is 0 Å². The van der Waals surface area contributed by atoms with Crippen molar-refractivity contribution < 1.29 is 8.78 Å². The van der Waals surface area contributed by atoms with Crippen LogP contribution in [0.15, 0.2) is 231 Å². The van der Waals surface area contributed by atoms with Crippen LogP contribution in [0.2, 0.25) is 0 Å². The molecule has 0 bridgehead atoms. The highest BCUT2D eigenvalue weighted by Crippen LogP contribution is 2.50. The van der Waals surface area contributed by atoms with E-state index in [9.17, 15) is 0 Å². The minimum Gasteiger partial charge on any atom is -0.307 e. The Bertz CT molecular complexity index is 3650. The third-order valence-corrected chi connectivity index (χ3v) is 14.5. The van der Waals surface area contributed by atoms with E-state index in [1.165, 1.54) is 12.1 Å². The van der Waals surface area contributed by atoms with Crippen LogP contribution in [0.1, 0.15) is 22.3 Å². The molecule has 72 heavy (non-hydrogen) atoms. The van der Waals surface area contributed by atoms with Gasteiger partial charge in [0.05, 0.1) is 22.7 Å². The standard InChI is InChI=1S/C68H50F2N2/c1-43-17-5-9-21-55(43)49-37-50(56-22-10-6-18-44(56)2)40-53(39-49)71(65-27-15-13-25-61(65)69)63-35-31-47-30-34-60-64(36-32-48-29-33-59(63)67(47)68(48)60)72(66-28-16-14-26-62(66)70)54-41-51(57-23-11-7-19-45(57)3)38-52(42-54)58-24-12-8-20-46(58)4/h5-42H,1-4H3. The maximum Gasteiger partial charge on any atom is 0.147 e. The first-order valence-electron chi connectivity index (χ1n) is 24.5. The minimum absolute atomic E-state index is 0.331. The molecule has 12 aromatic rings. The SMILES string of the molecule is Cc1ccccc1-c1cc(-c2ccccc2C)cc(N(c2ccccc2F)c2ccc3ccc4c(N(c5cc(-c6ccccc6C)cc(-c6ccccc6C)c5)c5ccccc5F)ccc5ccc2c3c54)c1. The number of rotatable bonds is 10. The predicted octanol–water partition coefficient (Wildman–Crippen LogP) is 19.7. The molecule has 0 spiro atoms. The molecular weight excluding hydrogens is 883 g/mol. The predicted molar refractivity (Wildman–Crippen MR) is 300 cm³/mol. The number of nitrogens with zero attached hydrogens (tertiary/aromatic N) is 2. The fourth-order valence-electron chi connectivity index (χ4n) is 10.9. The summed E-state index contributed by atoms with van der Waals surface area (Å²) in [5.74, 6) is -0.662. The van der Waals surface area contributed by atoms with Crippen molar-refractivity contribution in [1.82, 2.24) is 0 Å². The third kappa shape index (κ3) is 7.73. The van der Waals surface area contributed by atoms with Crippen molar-refractivity contribution in [3.05, 3.63) is 264 Å². The van der Waals surface area contributed by atoms with Gasteiger partial charge < -0.3 is 9.80 Å². The second-order valence-corrected chi connectivity index (χ2v) is 19.0. The number of halogens is 2. The highest BCUT2D eigenvalue weighted by molar-refractivity contribution is 6.28. The maximum atomic E-state index is 16.7. The van der Waals surface area contributed by atoms with Crippen LogP contribution < -0.4 is 9.80 Å². The Balaban J connectivity index is 1.12. The minimum atomic E-state index is -0.331. The van der Waals surface area contributed by atoms with Crippen LogP contribution in [0.3, 0.4) is 0 Å². The fourth-order valence-corrected chi connectivity index (χ4v) is 10.9. The normalized spacial score (nSPS) is 11.5. The van der Waals surface area contributed by atoms with Crippen LogP contribution in [-0.4, -0.2) is 0 Å². The molecule has 0 aliphatic carbocycles. The van der Waals surface area contributed by atoms with Crippen molar-refractivity contribution >= 4 is 66.4 Å². The summed E-state index contributed by atoms with van der Waals surface area (Å²) in [6.07, 6.45) is 0. The van der Waals surface area contributed by atoms with Crippen LogP contribution in [0.25, 0.3) is 76.8 Å². The first kappa shape index (κ1) is 44.4. The van der Waals surface area contributed by atoms with E-state index in [0.29, 0.717) is 11.4 Å². The van der Waals surface area contributed by atoms with E-state index in [-0.39, 0.29) is 11.6 Å². The van der Waals surface area contributed by atoms with Crippen LogP contribution in [0.4, 0.5) is 42.9 Å². The van der Waals surface area contributed by atoms with Crippen molar-refractivity contribution in [2.45, 2.75) is 27.7 Å². The highest BCUT2D eigenvalue weighted by atomic mass is 19.1. The molecular formula is C68H50F2N2. The van der Waals surface area contributed by atoms with Crippen molar-refractivity contribution in [2.24, 2.45) is 0 Å². The third-order valence-electron chi connectivity index (χ3n) is 14.5. The van der Waals surface area contributed by atoms with Gasteiger partial charge in [-0.25, -0.2) is 8.78 Å². The van der Waals surface area contributed by atoms with E-state index in [0.717, 1.165) is 122 Å². The molecule has 0 amide bonds. The zero-order valence-corrected chi connectivity index (χ0v) is 40.6. The largest absolute Gasteiger partial charge is 0.307 e. The highest BCUT2D eigenvalue weighted by Gasteiger charge is 2.26. The van der Waals surface area contributed by atoms with E-state index in [1.54, 1.807) is 12.1 Å². The number of para-hydroxylation sites is 2. The van der Waals surface area contributed by atoms with Crippen LogP contribution in [-0.2, 0) is 0 Å². The molecule has 0 saturated carbocycles. The number of anilines is 6. The summed E-state index contributed by atoms with van der Waals surface area (Å²) in [5, 5.41) is 6.11. The quantitative estimate of drug-likeness (QED) is 0.126. The molecule has 0 unspecified atom stereocenters. The zero-order chi connectivity index (χ0) is 49.0. The average Bonchev–Trinajstić information content (AvgIpc) is 3.40.